The maximum atomic E-state index is 10.8. The van der Waals surface area contributed by atoms with Gasteiger partial charge in [0, 0.05) is 6.61 Å². The van der Waals surface area contributed by atoms with Crippen LogP contribution in [0.25, 0.3) is 0 Å². The second-order valence-corrected chi connectivity index (χ2v) is 3.64. The first-order valence-electron chi connectivity index (χ1n) is 5.08. The molecule has 0 bridgehead atoms. The monoisotopic (exact) mass is 223 g/mol. The van der Waals surface area contributed by atoms with E-state index in [0.717, 1.165) is 12.1 Å². The average Bonchev–Trinajstić information content (AvgIpc) is 2.80. The van der Waals surface area contributed by atoms with Crippen LogP contribution in [0.15, 0.2) is 18.7 Å². The Morgan fingerprint density at radius 2 is 2.31 bits per heavy atom. The number of carboxylic acid groups (broad SMARTS) is 1. The van der Waals surface area contributed by atoms with Crippen molar-refractivity contribution in [3.05, 3.63) is 18.7 Å². The summed E-state index contributed by atoms with van der Waals surface area (Å²) in [5.74, 6) is -0.865. The molecule has 1 aliphatic heterocycles. The molecule has 1 fully saturated rings. The third-order valence-electron chi connectivity index (χ3n) is 2.53. The van der Waals surface area contributed by atoms with Crippen LogP contribution < -0.4 is 4.90 Å². The number of aromatic nitrogens is 2. The van der Waals surface area contributed by atoms with Gasteiger partial charge >= 0.3 is 5.97 Å². The fraction of sp³-hybridized carbons (Fsp3) is 0.500. The van der Waals surface area contributed by atoms with Crippen molar-refractivity contribution < 1.29 is 14.6 Å². The standard InChI is InChI=1S/C10H13N3O3/c14-10(15)5-13(8-1-2-16-6-8)9-3-11-7-12-4-9/h3-4,7-8H,1-2,5-6H2,(H,14,15). The lowest BCUT2D eigenvalue weighted by Crippen LogP contribution is -2.39. The van der Waals surface area contributed by atoms with Gasteiger partial charge in [-0.2, -0.15) is 0 Å². The van der Waals surface area contributed by atoms with E-state index in [2.05, 4.69) is 9.97 Å². The lowest BCUT2D eigenvalue weighted by atomic mass is 10.2. The lowest BCUT2D eigenvalue weighted by Gasteiger charge is -2.27. The van der Waals surface area contributed by atoms with Gasteiger partial charge in [-0.1, -0.05) is 0 Å². The van der Waals surface area contributed by atoms with Crippen LogP contribution >= 0.6 is 0 Å². The number of rotatable bonds is 4. The SMILES string of the molecule is O=C(O)CN(c1cncnc1)C1CCOC1. The number of nitrogens with zero attached hydrogens (tertiary/aromatic N) is 3. The average molecular weight is 223 g/mol. The number of hydrogen-bond donors (Lipinski definition) is 1. The highest BCUT2D eigenvalue weighted by atomic mass is 16.5. The number of carbonyl (C=O) groups is 1. The highest BCUT2D eigenvalue weighted by Crippen LogP contribution is 2.19. The summed E-state index contributed by atoms with van der Waals surface area (Å²) in [7, 11) is 0. The van der Waals surface area contributed by atoms with Gasteiger partial charge in [-0.3, -0.25) is 4.79 Å². The molecule has 2 rings (SSSR count). The number of hydrogen-bond acceptors (Lipinski definition) is 5. The third kappa shape index (κ3) is 2.46. The summed E-state index contributed by atoms with van der Waals surface area (Å²) < 4.78 is 5.27. The Hall–Kier alpha value is -1.69. The quantitative estimate of drug-likeness (QED) is 0.783. The summed E-state index contributed by atoms with van der Waals surface area (Å²) in [5.41, 5.74) is 0.723. The van der Waals surface area contributed by atoms with Gasteiger partial charge in [0.2, 0.25) is 0 Å². The van der Waals surface area contributed by atoms with Crippen LogP contribution in [0, 0.1) is 0 Å². The van der Waals surface area contributed by atoms with E-state index in [1.807, 2.05) is 0 Å². The summed E-state index contributed by atoms with van der Waals surface area (Å²) in [6.45, 7) is 1.18. The number of carboxylic acids is 1. The Morgan fingerprint density at radius 3 is 2.88 bits per heavy atom. The summed E-state index contributed by atoms with van der Waals surface area (Å²) in [6.07, 6.45) is 5.50. The topological polar surface area (TPSA) is 75.5 Å². The van der Waals surface area contributed by atoms with Crippen molar-refractivity contribution in [2.75, 3.05) is 24.7 Å². The van der Waals surface area contributed by atoms with E-state index in [9.17, 15) is 4.79 Å². The highest BCUT2D eigenvalue weighted by molar-refractivity contribution is 5.73. The molecule has 0 saturated carbocycles. The van der Waals surface area contributed by atoms with Gasteiger partial charge in [0.25, 0.3) is 0 Å². The first-order valence-corrected chi connectivity index (χ1v) is 5.08. The summed E-state index contributed by atoms with van der Waals surface area (Å²) >= 11 is 0. The van der Waals surface area contributed by atoms with E-state index in [1.165, 1.54) is 6.33 Å². The van der Waals surface area contributed by atoms with Crippen LogP contribution in [0.5, 0.6) is 0 Å². The molecule has 1 unspecified atom stereocenters. The summed E-state index contributed by atoms with van der Waals surface area (Å²) in [5, 5.41) is 8.88. The fourth-order valence-electron chi connectivity index (χ4n) is 1.78. The van der Waals surface area contributed by atoms with E-state index >= 15 is 0 Å². The van der Waals surface area contributed by atoms with Crippen LogP contribution in [-0.2, 0) is 9.53 Å². The molecule has 0 amide bonds. The van der Waals surface area contributed by atoms with Gasteiger partial charge in [-0.25, -0.2) is 9.97 Å². The highest BCUT2D eigenvalue weighted by Gasteiger charge is 2.25. The Morgan fingerprint density at radius 1 is 1.56 bits per heavy atom. The van der Waals surface area contributed by atoms with Crippen molar-refractivity contribution in [3.8, 4) is 0 Å². The van der Waals surface area contributed by atoms with E-state index in [0.29, 0.717) is 13.2 Å². The molecule has 6 heteroatoms. The van der Waals surface area contributed by atoms with E-state index in [-0.39, 0.29) is 12.6 Å². The van der Waals surface area contributed by atoms with Crippen LogP contribution in [0.1, 0.15) is 6.42 Å². The Labute approximate surface area is 92.9 Å². The zero-order chi connectivity index (χ0) is 11.4. The molecule has 1 saturated heterocycles. The molecule has 0 aromatic carbocycles. The van der Waals surface area contributed by atoms with E-state index in [4.69, 9.17) is 9.84 Å². The fourth-order valence-corrected chi connectivity index (χ4v) is 1.78. The summed E-state index contributed by atoms with van der Waals surface area (Å²) in [6, 6.07) is 0.0992. The summed E-state index contributed by atoms with van der Waals surface area (Å²) in [4.78, 5) is 20.4. The molecular weight excluding hydrogens is 210 g/mol. The first kappa shape index (κ1) is 10.8. The second-order valence-electron chi connectivity index (χ2n) is 3.64. The van der Waals surface area contributed by atoms with Gasteiger partial charge in [0.05, 0.1) is 30.7 Å². The van der Waals surface area contributed by atoms with E-state index < -0.39 is 5.97 Å². The minimum Gasteiger partial charge on any atom is -0.480 e. The molecule has 1 N–H and O–H groups in total. The van der Waals surface area contributed by atoms with Crippen molar-refractivity contribution in [1.82, 2.24) is 9.97 Å². The zero-order valence-electron chi connectivity index (χ0n) is 8.74. The Balaban J connectivity index is 2.16. The Kier molecular flexibility index (Phi) is 3.31. The molecule has 16 heavy (non-hydrogen) atoms. The lowest BCUT2D eigenvalue weighted by molar-refractivity contribution is -0.135. The van der Waals surface area contributed by atoms with Crippen LogP contribution in [0.3, 0.4) is 0 Å². The molecule has 0 spiro atoms. The van der Waals surface area contributed by atoms with Crippen molar-refractivity contribution in [2.24, 2.45) is 0 Å². The molecule has 1 aromatic rings. The maximum Gasteiger partial charge on any atom is 0.323 e. The first-order chi connectivity index (χ1) is 7.77. The number of aliphatic carboxylic acids is 1. The third-order valence-corrected chi connectivity index (χ3v) is 2.53. The molecule has 1 atom stereocenters. The molecule has 1 aromatic heterocycles. The van der Waals surface area contributed by atoms with Crippen molar-refractivity contribution in [1.29, 1.82) is 0 Å². The molecule has 6 nitrogen and oxygen atoms in total. The molecule has 0 radical (unpaired) electrons. The zero-order valence-corrected chi connectivity index (χ0v) is 8.74. The van der Waals surface area contributed by atoms with Gasteiger partial charge < -0.3 is 14.7 Å². The molecule has 0 aliphatic carbocycles. The minimum absolute atomic E-state index is 0.0542. The largest absolute Gasteiger partial charge is 0.480 e. The minimum atomic E-state index is -0.865. The van der Waals surface area contributed by atoms with Gasteiger partial charge in [-0.15, -0.1) is 0 Å². The molecule has 1 aliphatic rings. The predicted octanol–water partition coefficient (Wildman–Crippen LogP) is 0.156. The van der Waals surface area contributed by atoms with Crippen LogP contribution in [-0.4, -0.2) is 46.8 Å². The maximum absolute atomic E-state index is 10.8. The molecular formula is C10H13N3O3. The smallest absolute Gasteiger partial charge is 0.323 e. The van der Waals surface area contributed by atoms with Gasteiger partial charge in [0.1, 0.15) is 12.9 Å². The van der Waals surface area contributed by atoms with Crippen LogP contribution in [0.4, 0.5) is 5.69 Å². The van der Waals surface area contributed by atoms with Gasteiger partial charge in [0.15, 0.2) is 0 Å². The Bertz CT molecular complexity index is 352. The van der Waals surface area contributed by atoms with E-state index in [1.54, 1.807) is 17.3 Å². The molecule has 2 heterocycles. The number of ether oxygens (including phenoxy) is 1. The molecule has 86 valence electrons. The van der Waals surface area contributed by atoms with Crippen molar-refractivity contribution in [3.63, 3.8) is 0 Å². The van der Waals surface area contributed by atoms with Crippen molar-refractivity contribution in [2.45, 2.75) is 12.5 Å². The van der Waals surface area contributed by atoms with Crippen molar-refractivity contribution >= 4 is 11.7 Å². The van der Waals surface area contributed by atoms with Crippen LogP contribution in [0.2, 0.25) is 0 Å². The van der Waals surface area contributed by atoms with Gasteiger partial charge in [-0.05, 0) is 6.42 Å². The predicted molar refractivity (Wildman–Crippen MR) is 56.2 cm³/mol. The second kappa shape index (κ2) is 4.89. The normalized spacial score (nSPS) is 19.6. The number of anilines is 1.